The largest absolute Gasteiger partial charge is 0.480 e. The molecular weight excluding hydrogens is 229 g/mol. The zero-order valence-corrected chi connectivity index (χ0v) is 9.25. The van der Waals surface area contributed by atoms with E-state index in [9.17, 15) is 9.18 Å². The van der Waals surface area contributed by atoms with Gasteiger partial charge in [0.25, 0.3) is 0 Å². The van der Waals surface area contributed by atoms with Crippen LogP contribution in [-0.2, 0) is 0 Å². The molecular formula is C11H8FNO2S. The van der Waals surface area contributed by atoms with Crippen LogP contribution in [0.25, 0.3) is 10.4 Å². The zero-order chi connectivity index (χ0) is 11.5. The van der Waals surface area contributed by atoms with Gasteiger partial charge in [0.05, 0.1) is 12.0 Å². The van der Waals surface area contributed by atoms with Gasteiger partial charge in [-0.05, 0) is 29.7 Å². The second kappa shape index (κ2) is 4.40. The van der Waals surface area contributed by atoms with Crippen molar-refractivity contribution in [3.05, 3.63) is 35.6 Å². The molecule has 1 aromatic carbocycles. The smallest absolute Gasteiger partial charge is 0.225 e. The quantitative estimate of drug-likeness (QED) is 0.770. The lowest BCUT2D eigenvalue weighted by atomic mass is 10.1. The maximum absolute atomic E-state index is 12.9. The fourth-order valence-corrected chi connectivity index (χ4v) is 2.09. The third-order valence-corrected chi connectivity index (χ3v) is 2.91. The molecule has 0 spiro atoms. The first-order chi connectivity index (χ1) is 7.74. The van der Waals surface area contributed by atoms with Crippen LogP contribution in [0.5, 0.6) is 5.88 Å². The van der Waals surface area contributed by atoms with Crippen molar-refractivity contribution in [1.29, 1.82) is 0 Å². The second-order valence-corrected chi connectivity index (χ2v) is 3.89. The van der Waals surface area contributed by atoms with Crippen LogP contribution in [0.3, 0.4) is 0 Å². The maximum atomic E-state index is 12.9. The number of benzene rings is 1. The lowest BCUT2D eigenvalue weighted by Gasteiger charge is -2.00. The third-order valence-electron chi connectivity index (χ3n) is 2.10. The molecule has 0 saturated carbocycles. The Morgan fingerprint density at radius 1 is 1.44 bits per heavy atom. The summed E-state index contributed by atoms with van der Waals surface area (Å²) in [6, 6.07) is 5.79. The average molecular weight is 237 g/mol. The zero-order valence-electron chi connectivity index (χ0n) is 8.44. The summed E-state index contributed by atoms with van der Waals surface area (Å²) in [6.07, 6.45) is 0.630. The Bertz CT molecular complexity index is 524. The molecule has 2 rings (SSSR count). The number of ether oxygens (including phenoxy) is 1. The number of rotatable bonds is 3. The molecule has 1 heterocycles. The summed E-state index contributed by atoms with van der Waals surface area (Å²) in [5.74, 6) is 0.0588. The Morgan fingerprint density at radius 3 is 2.88 bits per heavy atom. The Balaban J connectivity index is 2.50. The molecule has 3 nitrogen and oxygen atoms in total. The van der Waals surface area contributed by atoms with Gasteiger partial charge in [-0.3, -0.25) is 4.79 Å². The summed E-state index contributed by atoms with van der Waals surface area (Å²) >= 11 is 1.21. The molecule has 0 amide bonds. The van der Waals surface area contributed by atoms with Gasteiger partial charge >= 0.3 is 0 Å². The van der Waals surface area contributed by atoms with Crippen LogP contribution in [0.4, 0.5) is 4.39 Å². The molecule has 0 fully saturated rings. The number of carbonyl (C=O) groups is 1. The number of carbonyl (C=O) groups excluding carboxylic acids is 1. The van der Waals surface area contributed by atoms with Gasteiger partial charge < -0.3 is 4.74 Å². The van der Waals surface area contributed by atoms with E-state index in [1.165, 1.54) is 30.8 Å². The Morgan fingerprint density at radius 2 is 2.25 bits per heavy atom. The number of aromatic nitrogens is 1. The fraction of sp³-hybridized carbons (Fsp3) is 0.0909. The van der Waals surface area contributed by atoms with E-state index in [1.54, 1.807) is 12.1 Å². The lowest BCUT2D eigenvalue weighted by Crippen LogP contribution is -1.87. The summed E-state index contributed by atoms with van der Waals surface area (Å²) in [4.78, 5) is 11.6. The van der Waals surface area contributed by atoms with Gasteiger partial charge in [0.2, 0.25) is 5.88 Å². The minimum atomic E-state index is -0.428. The van der Waals surface area contributed by atoms with Crippen LogP contribution in [0.15, 0.2) is 24.3 Å². The van der Waals surface area contributed by atoms with E-state index in [-0.39, 0.29) is 0 Å². The molecule has 0 bridgehead atoms. The maximum Gasteiger partial charge on any atom is 0.225 e. The first kappa shape index (κ1) is 10.8. The van der Waals surface area contributed by atoms with Gasteiger partial charge in [0.15, 0.2) is 6.29 Å². The highest BCUT2D eigenvalue weighted by atomic mass is 32.1. The summed E-state index contributed by atoms with van der Waals surface area (Å²) in [7, 11) is 1.52. The topological polar surface area (TPSA) is 39.2 Å². The summed E-state index contributed by atoms with van der Waals surface area (Å²) < 4.78 is 21.9. The van der Waals surface area contributed by atoms with E-state index in [4.69, 9.17) is 4.74 Å². The highest BCUT2D eigenvalue weighted by Gasteiger charge is 2.09. The molecule has 0 saturated heterocycles. The summed E-state index contributed by atoms with van der Waals surface area (Å²) in [6.45, 7) is 0. The summed E-state index contributed by atoms with van der Waals surface area (Å²) in [5.41, 5.74) is 0.975. The van der Waals surface area contributed by atoms with Crippen molar-refractivity contribution in [3.8, 4) is 16.3 Å². The molecule has 82 valence electrons. The fourth-order valence-electron chi connectivity index (χ4n) is 1.34. The molecule has 0 radical (unpaired) electrons. The number of methoxy groups -OCH3 is 1. The number of hydrogen-bond acceptors (Lipinski definition) is 4. The number of hydrogen-bond donors (Lipinski definition) is 0. The molecule has 5 heteroatoms. The van der Waals surface area contributed by atoms with Gasteiger partial charge in [-0.2, -0.15) is 4.37 Å². The average Bonchev–Trinajstić information content (AvgIpc) is 2.77. The van der Waals surface area contributed by atoms with E-state index >= 15 is 0 Å². The van der Waals surface area contributed by atoms with E-state index in [0.717, 1.165) is 4.88 Å². The predicted molar refractivity (Wildman–Crippen MR) is 59.4 cm³/mol. The SMILES string of the molecule is COc1cc(-c2ccc(F)cc2C=O)sn1. The van der Waals surface area contributed by atoms with Crippen molar-refractivity contribution in [1.82, 2.24) is 4.37 Å². The van der Waals surface area contributed by atoms with Crippen LogP contribution in [-0.4, -0.2) is 17.8 Å². The Hall–Kier alpha value is -1.75. The van der Waals surface area contributed by atoms with E-state index in [2.05, 4.69) is 4.37 Å². The van der Waals surface area contributed by atoms with Crippen LogP contribution in [0.2, 0.25) is 0 Å². The first-order valence-corrected chi connectivity index (χ1v) is 5.27. The molecule has 16 heavy (non-hydrogen) atoms. The van der Waals surface area contributed by atoms with Gasteiger partial charge in [-0.25, -0.2) is 4.39 Å². The Labute approximate surface area is 95.7 Å². The summed E-state index contributed by atoms with van der Waals surface area (Å²) in [5, 5.41) is 0. The first-order valence-electron chi connectivity index (χ1n) is 4.50. The molecule has 0 atom stereocenters. The molecule has 1 aromatic heterocycles. The molecule has 0 aliphatic carbocycles. The van der Waals surface area contributed by atoms with Crippen LogP contribution in [0, 0.1) is 5.82 Å². The molecule has 0 aliphatic rings. The van der Waals surface area contributed by atoms with Crippen molar-refractivity contribution >= 4 is 17.8 Å². The van der Waals surface area contributed by atoms with E-state index in [1.807, 2.05) is 0 Å². The second-order valence-electron chi connectivity index (χ2n) is 3.08. The number of halogens is 1. The van der Waals surface area contributed by atoms with Crippen LogP contribution >= 0.6 is 11.5 Å². The standard InChI is InChI=1S/C11H8FNO2S/c1-15-11-5-10(16-13-11)9-3-2-8(12)4-7(9)6-14/h2-6H,1H3. The van der Waals surface area contributed by atoms with Crippen LogP contribution in [0.1, 0.15) is 10.4 Å². The van der Waals surface area contributed by atoms with Gasteiger partial charge in [0.1, 0.15) is 5.82 Å². The normalized spacial score (nSPS) is 10.1. The molecule has 0 N–H and O–H groups in total. The van der Waals surface area contributed by atoms with Crippen LogP contribution < -0.4 is 4.74 Å². The minimum absolute atomic E-state index is 0.311. The van der Waals surface area contributed by atoms with E-state index in [0.29, 0.717) is 23.3 Å². The Kier molecular flexibility index (Phi) is 2.96. The van der Waals surface area contributed by atoms with Gasteiger partial charge in [0, 0.05) is 17.2 Å². The minimum Gasteiger partial charge on any atom is -0.480 e. The monoisotopic (exact) mass is 237 g/mol. The van der Waals surface area contributed by atoms with E-state index < -0.39 is 5.82 Å². The van der Waals surface area contributed by atoms with Crippen molar-refractivity contribution in [2.45, 2.75) is 0 Å². The third kappa shape index (κ3) is 1.94. The predicted octanol–water partition coefficient (Wildman–Crippen LogP) is 2.77. The lowest BCUT2D eigenvalue weighted by molar-refractivity contribution is 0.112. The highest BCUT2D eigenvalue weighted by Crippen LogP contribution is 2.30. The van der Waals surface area contributed by atoms with Crippen molar-refractivity contribution in [2.24, 2.45) is 0 Å². The molecule has 0 aliphatic heterocycles. The molecule has 0 unspecified atom stereocenters. The van der Waals surface area contributed by atoms with Crippen molar-refractivity contribution in [3.63, 3.8) is 0 Å². The number of nitrogens with zero attached hydrogens (tertiary/aromatic N) is 1. The van der Waals surface area contributed by atoms with Crippen molar-refractivity contribution in [2.75, 3.05) is 7.11 Å². The van der Waals surface area contributed by atoms with Crippen molar-refractivity contribution < 1.29 is 13.9 Å². The molecule has 2 aromatic rings. The van der Waals surface area contributed by atoms with Gasteiger partial charge in [-0.1, -0.05) is 0 Å². The highest BCUT2D eigenvalue weighted by molar-refractivity contribution is 7.09. The van der Waals surface area contributed by atoms with Gasteiger partial charge in [-0.15, -0.1) is 0 Å². The number of aldehydes is 1.